The maximum absolute atomic E-state index is 4.49. The Balaban J connectivity index is 1.77. The van der Waals surface area contributed by atoms with Crippen molar-refractivity contribution in [3.8, 4) is 0 Å². The highest BCUT2D eigenvalue weighted by molar-refractivity contribution is 7.09. The second-order valence-corrected chi connectivity index (χ2v) is 6.26. The van der Waals surface area contributed by atoms with E-state index in [0.717, 1.165) is 18.1 Å². The third-order valence-corrected chi connectivity index (χ3v) is 5.40. The highest BCUT2D eigenvalue weighted by atomic mass is 32.1. The zero-order chi connectivity index (χ0) is 11.8. The van der Waals surface area contributed by atoms with Gasteiger partial charge in [0.05, 0.1) is 6.04 Å². The maximum atomic E-state index is 4.49. The summed E-state index contributed by atoms with van der Waals surface area (Å²) in [6.45, 7) is 2.32. The Labute approximate surface area is 107 Å². The fourth-order valence-corrected chi connectivity index (χ4v) is 4.35. The third-order valence-electron chi connectivity index (χ3n) is 4.45. The molecule has 1 N–H and O–H groups in total. The van der Waals surface area contributed by atoms with Crippen molar-refractivity contribution in [2.45, 2.75) is 56.8 Å². The van der Waals surface area contributed by atoms with Crippen molar-refractivity contribution < 1.29 is 0 Å². The number of hydrogen-bond acceptors (Lipinski definition) is 4. The summed E-state index contributed by atoms with van der Waals surface area (Å²) in [6.07, 6.45) is 7.29. The normalized spacial score (nSPS) is 35.1. The third kappa shape index (κ3) is 2.02. The van der Waals surface area contributed by atoms with E-state index in [0.29, 0.717) is 6.04 Å². The molecule has 3 unspecified atom stereocenters. The molecule has 0 saturated carbocycles. The van der Waals surface area contributed by atoms with Crippen molar-refractivity contribution in [3.63, 3.8) is 0 Å². The van der Waals surface area contributed by atoms with Gasteiger partial charge in [-0.05, 0) is 39.7 Å². The van der Waals surface area contributed by atoms with Crippen molar-refractivity contribution in [2.75, 3.05) is 7.05 Å². The minimum absolute atomic E-state index is 0.505. The quantitative estimate of drug-likeness (QED) is 0.894. The number of nitrogens with one attached hydrogen (secondary N) is 1. The van der Waals surface area contributed by atoms with Gasteiger partial charge in [-0.1, -0.05) is 0 Å². The first-order chi connectivity index (χ1) is 8.29. The van der Waals surface area contributed by atoms with Crippen molar-refractivity contribution in [1.29, 1.82) is 0 Å². The molecule has 0 radical (unpaired) electrons. The Morgan fingerprint density at radius 2 is 2.12 bits per heavy atom. The summed E-state index contributed by atoms with van der Waals surface area (Å²) in [5.74, 6) is 0. The Morgan fingerprint density at radius 3 is 2.65 bits per heavy atom. The lowest BCUT2D eigenvalue weighted by molar-refractivity contribution is 0.0788. The van der Waals surface area contributed by atoms with E-state index in [9.17, 15) is 0 Å². The largest absolute Gasteiger partial charge is 0.317 e. The van der Waals surface area contributed by atoms with Gasteiger partial charge in [0.1, 0.15) is 5.01 Å². The molecule has 4 heteroatoms. The molecular formula is C13H21N3S. The van der Waals surface area contributed by atoms with E-state index in [-0.39, 0.29) is 0 Å². The van der Waals surface area contributed by atoms with Gasteiger partial charge in [0.15, 0.2) is 0 Å². The maximum Gasteiger partial charge on any atom is 0.109 e. The van der Waals surface area contributed by atoms with Crippen LogP contribution in [0, 0.1) is 0 Å². The summed E-state index contributed by atoms with van der Waals surface area (Å²) in [5.41, 5.74) is 0. The standard InChI is InChI=1S/C13H21N3S/c1-9(13-15-5-6-17-13)16-11-3-4-12(16)8-10(7-11)14-2/h5-6,9-12,14H,3-4,7-8H2,1-2H3. The second-order valence-electron chi connectivity index (χ2n) is 5.34. The van der Waals surface area contributed by atoms with Crippen molar-refractivity contribution in [1.82, 2.24) is 15.2 Å². The first-order valence-corrected chi connectivity index (χ1v) is 7.51. The molecule has 2 saturated heterocycles. The Bertz CT molecular complexity index is 351. The van der Waals surface area contributed by atoms with E-state index in [1.54, 1.807) is 11.3 Å². The van der Waals surface area contributed by atoms with Crippen LogP contribution >= 0.6 is 11.3 Å². The number of nitrogens with zero attached hydrogens (tertiary/aromatic N) is 2. The van der Waals surface area contributed by atoms with Crippen LogP contribution in [-0.2, 0) is 0 Å². The summed E-state index contributed by atoms with van der Waals surface area (Å²) >= 11 is 1.79. The molecule has 0 spiro atoms. The van der Waals surface area contributed by atoms with Crippen LogP contribution in [0.4, 0.5) is 0 Å². The van der Waals surface area contributed by atoms with E-state index in [4.69, 9.17) is 0 Å². The number of piperidine rings is 1. The van der Waals surface area contributed by atoms with E-state index in [1.807, 2.05) is 6.20 Å². The lowest BCUT2D eigenvalue weighted by atomic mass is 9.96. The molecule has 0 aliphatic carbocycles. The number of thiazole rings is 1. The van der Waals surface area contributed by atoms with Gasteiger partial charge in [-0.3, -0.25) is 4.90 Å². The van der Waals surface area contributed by atoms with Gasteiger partial charge in [-0.15, -0.1) is 11.3 Å². The lowest BCUT2D eigenvalue weighted by Crippen LogP contribution is -2.49. The fourth-order valence-electron chi connectivity index (χ4n) is 3.65. The summed E-state index contributed by atoms with van der Waals surface area (Å²) in [6, 6.07) is 2.77. The monoisotopic (exact) mass is 251 g/mol. The predicted molar refractivity (Wildman–Crippen MR) is 71.3 cm³/mol. The summed E-state index contributed by atoms with van der Waals surface area (Å²) in [7, 11) is 2.10. The van der Waals surface area contributed by atoms with E-state index < -0.39 is 0 Å². The molecule has 2 aliphatic rings. The molecule has 3 rings (SSSR count). The molecule has 94 valence electrons. The van der Waals surface area contributed by atoms with Crippen LogP contribution < -0.4 is 5.32 Å². The van der Waals surface area contributed by atoms with Gasteiger partial charge in [0, 0.05) is 29.7 Å². The lowest BCUT2D eigenvalue weighted by Gasteiger charge is -2.41. The number of rotatable bonds is 3. The number of fused-ring (bicyclic) bond motifs is 2. The Morgan fingerprint density at radius 1 is 1.41 bits per heavy atom. The minimum Gasteiger partial charge on any atom is -0.317 e. The fraction of sp³-hybridized carbons (Fsp3) is 0.769. The topological polar surface area (TPSA) is 28.2 Å². The molecule has 3 atom stereocenters. The molecule has 1 aromatic rings. The first kappa shape index (κ1) is 11.6. The SMILES string of the molecule is CNC1CC2CCC(C1)N2C(C)c1nccs1. The predicted octanol–water partition coefficient (Wildman–Crippen LogP) is 2.42. The molecule has 0 amide bonds. The van der Waals surface area contributed by atoms with Crippen molar-refractivity contribution >= 4 is 11.3 Å². The van der Waals surface area contributed by atoms with E-state index in [2.05, 4.69) is 34.6 Å². The molecule has 3 nitrogen and oxygen atoms in total. The van der Waals surface area contributed by atoms with E-state index >= 15 is 0 Å². The van der Waals surface area contributed by atoms with Gasteiger partial charge >= 0.3 is 0 Å². The second kappa shape index (κ2) is 4.67. The van der Waals surface area contributed by atoms with Gasteiger partial charge in [-0.25, -0.2) is 4.98 Å². The van der Waals surface area contributed by atoms with Crippen LogP contribution in [0.3, 0.4) is 0 Å². The van der Waals surface area contributed by atoms with Crippen LogP contribution in [0.2, 0.25) is 0 Å². The van der Waals surface area contributed by atoms with Gasteiger partial charge in [0.2, 0.25) is 0 Å². The number of hydrogen-bond donors (Lipinski definition) is 1. The average Bonchev–Trinajstić information content (AvgIpc) is 2.95. The zero-order valence-electron chi connectivity index (χ0n) is 10.6. The van der Waals surface area contributed by atoms with Crippen LogP contribution in [0.1, 0.15) is 43.7 Å². The summed E-state index contributed by atoms with van der Waals surface area (Å²) < 4.78 is 0. The summed E-state index contributed by atoms with van der Waals surface area (Å²) in [5, 5.41) is 6.83. The summed E-state index contributed by atoms with van der Waals surface area (Å²) in [4.78, 5) is 7.22. The molecule has 2 aliphatic heterocycles. The van der Waals surface area contributed by atoms with Crippen LogP contribution in [0.5, 0.6) is 0 Å². The van der Waals surface area contributed by atoms with E-state index in [1.165, 1.54) is 30.7 Å². The molecule has 2 fully saturated rings. The smallest absolute Gasteiger partial charge is 0.109 e. The van der Waals surface area contributed by atoms with Gasteiger partial charge < -0.3 is 5.32 Å². The van der Waals surface area contributed by atoms with Gasteiger partial charge in [-0.2, -0.15) is 0 Å². The molecular weight excluding hydrogens is 230 g/mol. The van der Waals surface area contributed by atoms with Crippen molar-refractivity contribution in [3.05, 3.63) is 16.6 Å². The highest BCUT2D eigenvalue weighted by Gasteiger charge is 2.43. The number of aromatic nitrogens is 1. The average molecular weight is 251 g/mol. The van der Waals surface area contributed by atoms with Crippen LogP contribution in [0.15, 0.2) is 11.6 Å². The van der Waals surface area contributed by atoms with Gasteiger partial charge in [0.25, 0.3) is 0 Å². The molecule has 17 heavy (non-hydrogen) atoms. The molecule has 0 aromatic carbocycles. The Kier molecular flexibility index (Phi) is 3.19. The van der Waals surface area contributed by atoms with Crippen molar-refractivity contribution in [2.24, 2.45) is 0 Å². The molecule has 3 heterocycles. The van der Waals surface area contributed by atoms with Crippen LogP contribution in [-0.4, -0.2) is 35.1 Å². The Hall–Kier alpha value is -0.450. The first-order valence-electron chi connectivity index (χ1n) is 6.63. The van der Waals surface area contributed by atoms with Crippen LogP contribution in [0.25, 0.3) is 0 Å². The molecule has 2 bridgehead atoms. The zero-order valence-corrected chi connectivity index (χ0v) is 11.4. The molecule has 1 aromatic heterocycles. The highest BCUT2D eigenvalue weighted by Crippen LogP contribution is 2.41. The minimum atomic E-state index is 0.505.